The minimum Gasteiger partial charge on any atom is -0.356 e. The highest BCUT2D eigenvalue weighted by molar-refractivity contribution is 9.09. The Morgan fingerprint density at radius 3 is 3.20 bits per heavy atom. The van der Waals surface area contributed by atoms with E-state index in [1.165, 1.54) is 18.4 Å². The van der Waals surface area contributed by atoms with Gasteiger partial charge in [0.05, 0.1) is 0 Å². The summed E-state index contributed by atoms with van der Waals surface area (Å²) in [6, 6.07) is 4.23. The Labute approximate surface area is 99.8 Å². The zero-order valence-corrected chi connectivity index (χ0v) is 10.7. The van der Waals surface area contributed by atoms with Crippen molar-refractivity contribution in [2.75, 3.05) is 23.3 Å². The average Bonchev–Trinajstić information content (AvgIpc) is 2.29. The molecule has 1 aromatic rings. The van der Waals surface area contributed by atoms with Gasteiger partial charge in [0.1, 0.15) is 5.82 Å². The summed E-state index contributed by atoms with van der Waals surface area (Å²) in [5, 5.41) is 1.11. The summed E-state index contributed by atoms with van der Waals surface area (Å²) in [5.41, 5.74) is 1.29. The van der Waals surface area contributed by atoms with Crippen molar-refractivity contribution in [3.8, 4) is 0 Å². The number of anilines is 1. The molecule has 0 N–H and O–H groups in total. The second kappa shape index (κ2) is 4.97. The molecule has 1 unspecified atom stereocenters. The van der Waals surface area contributed by atoms with Gasteiger partial charge in [0.2, 0.25) is 0 Å². The van der Waals surface area contributed by atoms with Crippen molar-refractivity contribution in [3.63, 3.8) is 0 Å². The van der Waals surface area contributed by atoms with E-state index < -0.39 is 0 Å². The first-order chi connectivity index (χ1) is 7.29. The van der Waals surface area contributed by atoms with Crippen LogP contribution in [0.4, 0.5) is 5.82 Å². The summed E-state index contributed by atoms with van der Waals surface area (Å²) in [7, 11) is 0. The van der Waals surface area contributed by atoms with Crippen molar-refractivity contribution in [2.45, 2.75) is 19.8 Å². The zero-order chi connectivity index (χ0) is 10.7. The van der Waals surface area contributed by atoms with Crippen molar-refractivity contribution >= 4 is 21.7 Å². The quantitative estimate of drug-likeness (QED) is 0.767. The number of piperidine rings is 1. The maximum absolute atomic E-state index is 4.44. The molecule has 0 aliphatic carbocycles. The molecule has 0 saturated carbocycles. The van der Waals surface area contributed by atoms with Gasteiger partial charge in [-0.3, -0.25) is 0 Å². The lowest BCUT2D eigenvalue weighted by Crippen LogP contribution is -2.36. The fraction of sp³-hybridized carbons (Fsp3) is 0.583. The Bertz CT molecular complexity index is 327. The average molecular weight is 269 g/mol. The SMILES string of the molecule is Cc1ccnc(N2CCCC(CBr)C2)c1. The van der Waals surface area contributed by atoms with E-state index >= 15 is 0 Å². The van der Waals surface area contributed by atoms with Gasteiger partial charge >= 0.3 is 0 Å². The van der Waals surface area contributed by atoms with Crippen LogP contribution < -0.4 is 4.90 Å². The van der Waals surface area contributed by atoms with Gasteiger partial charge in [0, 0.05) is 24.6 Å². The number of pyridine rings is 1. The highest BCUT2D eigenvalue weighted by Crippen LogP contribution is 2.22. The van der Waals surface area contributed by atoms with Gasteiger partial charge in [-0.25, -0.2) is 4.98 Å². The van der Waals surface area contributed by atoms with Crippen LogP contribution in [0.3, 0.4) is 0 Å². The monoisotopic (exact) mass is 268 g/mol. The summed E-state index contributed by atoms with van der Waals surface area (Å²) in [5.74, 6) is 1.92. The summed E-state index contributed by atoms with van der Waals surface area (Å²) in [4.78, 5) is 6.85. The molecule has 2 rings (SSSR count). The van der Waals surface area contributed by atoms with Crippen LogP contribution in [0.15, 0.2) is 18.3 Å². The molecule has 0 radical (unpaired) electrons. The normalized spacial score (nSPS) is 21.7. The van der Waals surface area contributed by atoms with Gasteiger partial charge in [0.15, 0.2) is 0 Å². The molecule has 0 bridgehead atoms. The molecule has 1 atom stereocenters. The minimum absolute atomic E-state index is 0.779. The van der Waals surface area contributed by atoms with E-state index in [1.54, 1.807) is 0 Å². The third-order valence-corrected chi connectivity index (χ3v) is 3.88. The lowest BCUT2D eigenvalue weighted by Gasteiger charge is -2.32. The van der Waals surface area contributed by atoms with Gasteiger partial charge in [-0.2, -0.15) is 0 Å². The fourth-order valence-electron chi connectivity index (χ4n) is 2.09. The van der Waals surface area contributed by atoms with Crippen LogP contribution in [0.2, 0.25) is 0 Å². The number of aromatic nitrogens is 1. The molecule has 0 amide bonds. The molecule has 1 aromatic heterocycles. The molecule has 0 spiro atoms. The highest BCUT2D eigenvalue weighted by Gasteiger charge is 2.19. The van der Waals surface area contributed by atoms with E-state index in [9.17, 15) is 0 Å². The smallest absolute Gasteiger partial charge is 0.128 e. The Hall–Kier alpha value is -0.570. The first-order valence-electron chi connectivity index (χ1n) is 5.53. The Kier molecular flexibility index (Phi) is 3.62. The van der Waals surface area contributed by atoms with Crippen molar-refractivity contribution in [2.24, 2.45) is 5.92 Å². The van der Waals surface area contributed by atoms with Crippen LogP contribution in [0.25, 0.3) is 0 Å². The molecule has 1 saturated heterocycles. The Morgan fingerprint density at radius 2 is 2.47 bits per heavy atom. The number of hydrogen-bond donors (Lipinski definition) is 0. The van der Waals surface area contributed by atoms with Gasteiger partial charge in [-0.15, -0.1) is 0 Å². The molecule has 1 aliphatic heterocycles. The van der Waals surface area contributed by atoms with E-state index in [4.69, 9.17) is 0 Å². The standard InChI is InChI=1S/C12H17BrN2/c1-10-4-5-14-12(7-10)15-6-2-3-11(8-13)9-15/h4-5,7,11H,2-3,6,8-9H2,1H3. The summed E-state index contributed by atoms with van der Waals surface area (Å²) >= 11 is 3.58. The van der Waals surface area contributed by atoms with Crippen molar-refractivity contribution < 1.29 is 0 Å². The summed E-state index contributed by atoms with van der Waals surface area (Å²) in [6.45, 7) is 4.42. The van der Waals surface area contributed by atoms with Crippen molar-refractivity contribution in [1.29, 1.82) is 0 Å². The molecule has 0 aromatic carbocycles. The molecule has 3 heteroatoms. The number of rotatable bonds is 2. The lowest BCUT2D eigenvalue weighted by molar-refractivity contribution is 0.453. The van der Waals surface area contributed by atoms with E-state index in [2.05, 4.69) is 44.9 Å². The van der Waals surface area contributed by atoms with Gasteiger partial charge in [-0.1, -0.05) is 15.9 Å². The van der Waals surface area contributed by atoms with E-state index in [0.717, 1.165) is 30.2 Å². The third-order valence-electron chi connectivity index (χ3n) is 2.96. The summed E-state index contributed by atoms with van der Waals surface area (Å²) < 4.78 is 0. The molecular weight excluding hydrogens is 252 g/mol. The topological polar surface area (TPSA) is 16.1 Å². The number of alkyl halides is 1. The molecule has 1 fully saturated rings. The van der Waals surface area contributed by atoms with E-state index in [-0.39, 0.29) is 0 Å². The molecule has 1 aliphatic rings. The first-order valence-corrected chi connectivity index (χ1v) is 6.65. The predicted molar refractivity (Wildman–Crippen MR) is 67.7 cm³/mol. The van der Waals surface area contributed by atoms with Gasteiger partial charge < -0.3 is 4.90 Å². The van der Waals surface area contributed by atoms with Crippen LogP contribution in [0.1, 0.15) is 18.4 Å². The maximum Gasteiger partial charge on any atom is 0.128 e. The Morgan fingerprint density at radius 1 is 1.60 bits per heavy atom. The zero-order valence-electron chi connectivity index (χ0n) is 9.12. The maximum atomic E-state index is 4.44. The number of halogens is 1. The van der Waals surface area contributed by atoms with E-state index in [0.29, 0.717) is 0 Å². The van der Waals surface area contributed by atoms with Crippen LogP contribution >= 0.6 is 15.9 Å². The predicted octanol–water partition coefficient (Wildman–Crippen LogP) is 3.00. The minimum atomic E-state index is 0.779. The van der Waals surface area contributed by atoms with Crippen LogP contribution in [-0.2, 0) is 0 Å². The first kappa shape index (κ1) is 10.9. The second-order valence-electron chi connectivity index (χ2n) is 4.30. The number of nitrogens with zero attached hydrogens (tertiary/aromatic N) is 2. The molecule has 2 heterocycles. The molecular formula is C12H17BrN2. The third kappa shape index (κ3) is 2.71. The van der Waals surface area contributed by atoms with Crippen LogP contribution in [0.5, 0.6) is 0 Å². The van der Waals surface area contributed by atoms with Crippen molar-refractivity contribution in [1.82, 2.24) is 4.98 Å². The largest absolute Gasteiger partial charge is 0.356 e. The fourth-order valence-corrected chi connectivity index (χ4v) is 2.62. The molecule has 15 heavy (non-hydrogen) atoms. The number of hydrogen-bond acceptors (Lipinski definition) is 2. The Balaban J connectivity index is 2.09. The van der Waals surface area contributed by atoms with Crippen molar-refractivity contribution in [3.05, 3.63) is 23.9 Å². The number of aryl methyl sites for hydroxylation is 1. The van der Waals surface area contributed by atoms with Crippen LogP contribution in [-0.4, -0.2) is 23.4 Å². The molecule has 2 nitrogen and oxygen atoms in total. The van der Waals surface area contributed by atoms with Crippen LogP contribution in [0, 0.1) is 12.8 Å². The highest BCUT2D eigenvalue weighted by atomic mass is 79.9. The van der Waals surface area contributed by atoms with Gasteiger partial charge in [-0.05, 0) is 43.4 Å². The van der Waals surface area contributed by atoms with E-state index in [1.807, 2.05) is 6.20 Å². The molecule has 82 valence electrons. The van der Waals surface area contributed by atoms with Gasteiger partial charge in [0.25, 0.3) is 0 Å². The second-order valence-corrected chi connectivity index (χ2v) is 4.95. The summed E-state index contributed by atoms with van der Waals surface area (Å²) in [6.07, 6.45) is 4.53. The lowest BCUT2D eigenvalue weighted by atomic mass is 10.0.